The Hall–Kier alpha value is -1.85. The van der Waals surface area contributed by atoms with Gasteiger partial charge in [-0.25, -0.2) is 0 Å². The van der Waals surface area contributed by atoms with Gasteiger partial charge in [-0.2, -0.15) is 5.10 Å². The molecule has 2 fully saturated rings. The van der Waals surface area contributed by atoms with Crippen molar-refractivity contribution in [3.05, 3.63) is 47.8 Å². The summed E-state index contributed by atoms with van der Waals surface area (Å²) in [5.74, 6) is 0. The molecule has 5 heteroatoms. The number of benzene rings is 1. The summed E-state index contributed by atoms with van der Waals surface area (Å²) in [6, 6.07) is 9.00. The highest BCUT2D eigenvalue weighted by Gasteiger charge is 2.43. The summed E-state index contributed by atoms with van der Waals surface area (Å²) in [7, 11) is 1.98. The Morgan fingerprint density at radius 2 is 2.32 bits per heavy atom. The Morgan fingerprint density at radius 3 is 3.12 bits per heavy atom. The molecule has 0 aliphatic carbocycles. The smallest absolute Gasteiger partial charge is 0.0830 e. The normalized spacial score (nSPS) is 27.0. The second kappa shape index (κ2) is 6.81. The number of piperidine rings is 1. The fourth-order valence-electron chi connectivity index (χ4n) is 4.33. The van der Waals surface area contributed by atoms with Crippen molar-refractivity contribution in [3.63, 3.8) is 0 Å². The van der Waals surface area contributed by atoms with Crippen molar-refractivity contribution in [2.45, 2.75) is 44.4 Å². The molecule has 2 aromatic rings. The van der Waals surface area contributed by atoms with Gasteiger partial charge in [0.05, 0.1) is 24.4 Å². The lowest BCUT2D eigenvalue weighted by atomic mass is 9.88. The number of aryl methyl sites for hydroxylation is 2. The molecule has 2 aliphatic rings. The van der Waals surface area contributed by atoms with Crippen LogP contribution in [0, 0.1) is 6.92 Å². The molecule has 1 aromatic carbocycles. The zero-order chi connectivity index (χ0) is 17.3. The van der Waals surface area contributed by atoms with E-state index in [1.807, 2.05) is 17.9 Å². The Kier molecular flexibility index (Phi) is 4.52. The van der Waals surface area contributed by atoms with Crippen LogP contribution in [0.5, 0.6) is 0 Å². The van der Waals surface area contributed by atoms with Crippen LogP contribution in [-0.2, 0) is 18.3 Å². The number of nitrogens with one attached hydrogen (secondary N) is 1. The molecule has 5 nitrogen and oxygen atoms in total. The minimum atomic E-state index is 0.0158. The first-order valence-electron chi connectivity index (χ1n) is 9.27. The highest BCUT2D eigenvalue weighted by atomic mass is 16.5. The monoisotopic (exact) mass is 340 g/mol. The van der Waals surface area contributed by atoms with Crippen molar-refractivity contribution in [2.24, 2.45) is 7.05 Å². The molecule has 134 valence electrons. The molecule has 0 bridgehead atoms. The topological polar surface area (TPSA) is 42.3 Å². The molecule has 0 radical (unpaired) electrons. The van der Waals surface area contributed by atoms with Crippen LogP contribution in [0.15, 0.2) is 36.7 Å². The predicted octanol–water partition coefficient (Wildman–Crippen LogP) is 2.96. The van der Waals surface area contributed by atoms with E-state index in [2.05, 4.69) is 52.7 Å². The van der Waals surface area contributed by atoms with E-state index in [0.29, 0.717) is 6.04 Å². The summed E-state index contributed by atoms with van der Waals surface area (Å²) >= 11 is 0. The van der Waals surface area contributed by atoms with Crippen molar-refractivity contribution in [1.29, 1.82) is 0 Å². The minimum absolute atomic E-state index is 0.0158. The van der Waals surface area contributed by atoms with Gasteiger partial charge in [0.2, 0.25) is 0 Å². The summed E-state index contributed by atoms with van der Waals surface area (Å²) in [5.41, 5.74) is 3.79. The van der Waals surface area contributed by atoms with Gasteiger partial charge < -0.3 is 10.1 Å². The minimum Gasteiger partial charge on any atom is -0.380 e. The molecule has 0 unspecified atom stereocenters. The molecule has 3 heterocycles. The number of hydrogen-bond donors (Lipinski definition) is 1. The van der Waals surface area contributed by atoms with Crippen LogP contribution >= 0.6 is 0 Å². The first kappa shape index (κ1) is 16.6. The number of anilines is 1. The quantitative estimate of drug-likeness (QED) is 0.929. The Balaban J connectivity index is 1.37. The van der Waals surface area contributed by atoms with Gasteiger partial charge in [0.1, 0.15) is 0 Å². The summed E-state index contributed by atoms with van der Waals surface area (Å²) in [4.78, 5) is 2.52. The third-order valence-electron chi connectivity index (χ3n) is 5.38. The van der Waals surface area contributed by atoms with E-state index in [-0.39, 0.29) is 5.60 Å². The SMILES string of the molecule is Cc1cccc(N[C@@H]2CO[C@]3(CCCN(Cc4cnn(C)c4)C3)C2)c1. The van der Waals surface area contributed by atoms with E-state index in [0.717, 1.165) is 32.7 Å². The summed E-state index contributed by atoms with van der Waals surface area (Å²) in [6.07, 6.45) is 7.54. The second-order valence-corrected chi connectivity index (χ2v) is 7.75. The van der Waals surface area contributed by atoms with Gasteiger partial charge in [-0.1, -0.05) is 12.1 Å². The lowest BCUT2D eigenvalue weighted by molar-refractivity contribution is -0.0533. The maximum atomic E-state index is 6.34. The van der Waals surface area contributed by atoms with E-state index in [1.165, 1.54) is 29.7 Å². The first-order chi connectivity index (χ1) is 12.1. The number of likely N-dealkylation sites (tertiary alicyclic amines) is 1. The van der Waals surface area contributed by atoms with Crippen molar-refractivity contribution < 1.29 is 4.74 Å². The van der Waals surface area contributed by atoms with Crippen molar-refractivity contribution in [1.82, 2.24) is 14.7 Å². The number of hydrogen-bond acceptors (Lipinski definition) is 4. The Labute approximate surface area is 150 Å². The number of aromatic nitrogens is 2. The van der Waals surface area contributed by atoms with Crippen LogP contribution in [0.2, 0.25) is 0 Å². The lowest BCUT2D eigenvalue weighted by Crippen LogP contribution is -2.47. The van der Waals surface area contributed by atoms with Crippen molar-refractivity contribution >= 4 is 5.69 Å². The van der Waals surface area contributed by atoms with Crippen LogP contribution in [0.3, 0.4) is 0 Å². The van der Waals surface area contributed by atoms with E-state index in [4.69, 9.17) is 4.74 Å². The molecular formula is C20H28N4O. The fraction of sp³-hybridized carbons (Fsp3) is 0.550. The zero-order valence-electron chi connectivity index (χ0n) is 15.2. The van der Waals surface area contributed by atoms with Crippen LogP contribution in [-0.4, -0.2) is 46.0 Å². The summed E-state index contributed by atoms with van der Waals surface area (Å²) in [5, 5.41) is 7.95. The van der Waals surface area contributed by atoms with Crippen LogP contribution < -0.4 is 5.32 Å². The van der Waals surface area contributed by atoms with Gasteiger partial charge in [0.25, 0.3) is 0 Å². The van der Waals surface area contributed by atoms with Gasteiger partial charge >= 0.3 is 0 Å². The van der Waals surface area contributed by atoms with Crippen LogP contribution in [0.4, 0.5) is 5.69 Å². The third kappa shape index (κ3) is 3.88. The predicted molar refractivity (Wildman–Crippen MR) is 99.6 cm³/mol. The molecule has 0 amide bonds. The molecule has 25 heavy (non-hydrogen) atoms. The molecule has 2 aliphatic heterocycles. The second-order valence-electron chi connectivity index (χ2n) is 7.75. The fourth-order valence-corrected chi connectivity index (χ4v) is 4.33. The Bertz CT molecular complexity index is 728. The molecule has 1 N–H and O–H groups in total. The van der Waals surface area contributed by atoms with Gasteiger partial charge in [0, 0.05) is 37.6 Å². The molecule has 1 aromatic heterocycles. The first-order valence-corrected chi connectivity index (χ1v) is 9.27. The zero-order valence-corrected chi connectivity index (χ0v) is 15.2. The van der Waals surface area contributed by atoms with Crippen molar-refractivity contribution in [3.8, 4) is 0 Å². The average Bonchev–Trinajstić information content (AvgIpc) is 3.14. The van der Waals surface area contributed by atoms with E-state index >= 15 is 0 Å². The molecular weight excluding hydrogens is 312 g/mol. The van der Waals surface area contributed by atoms with Crippen LogP contribution in [0.25, 0.3) is 0 Å². The average molecular weight is 340 g/mol. The largest absolute Gasteiger partial charge is 0.380 e. The third-order valence-corrected chi connectivity index (χ3v) is 5.38. The molecule has 2 saturated heterocycles. The number of ether oxygens (including phenoxy) is 1. The van der Waals surface area contributed by atoms with E-state index in [9.17, 15) is 0 Å². The highest BCUT2D eigenvalue weighted by Crippen LogP contribution is 2.36. The molecule has 2 atom stereocenters. The summed E-state index contributed by atoms with van der Waals surface area (Å²) < 4.78 is 8.22. The van der Waals surface area contributed by atoms with Crippen molar-refractivity contribution in [2.75, 3.05) is 25.0 Å². The number of rotatable bonds is 4. The molecule has 0 saturated carbocycles. The maximum absolute atomic E-state index is 6.34. The molecule has 1 spiro atoms. The van der Waals surface area contributed by atoms with Gasteiger partial charge in [-0.05, 0) is 50.4 Å². The maximum Gasteiger partial charge on any atom is 0.0830 e. The van der Waals surface area contributed by atoms with E-state index in [1.54, 1.807) is 0 Å². The van der Waals surface area contributed by atoms with E-state index < -0.39 is 0 Å². The Morgan fingerprint density at radius 1 is 1.40 bits per heavy atom. The van der Waals surface area contributed by atoms with Gasteiger partial charge in [-0.3, -0.25) is 9.58 Å². The van der Waals surface area contributed by atoms with Gasteiger partial charge in [0.15, 0.2) is 0 Å². The molecule has 4 rings (SSSR count). The number of nitrogens with zero attached hydrogens (tertiary/aromatic N) is 3. The van der Waals surface area contributed by atoms with Gasteiger partial charge in [-0.15, -0.1) is 0 Å². The summed E-state index contributed by atoms with van der Waals surface area (Å²) in [6.45, 7) is 6.07. The lowest BCUT2D eigenvalue weighted by Gasteiger charge is -2.39. The standard InChI is InChI=1S/C20H28N4O/c1-16-5-3-6-18(9-16)22-19-10-20(25-14-19)7-4-8-24(15-20)13-17-11-21-23(2)12-17/h3,5-6,9,11-12,19,22H,4,7-8,10,13-15H2,1-2H3/t19-,20+/m0/s1. The highest BCUT2D eigenvalue weighted by molar-refractivity contribution is 5.46. The van der Waals surface area contributed by atoms with Crippen LogP contribution in [0.1, 0.15) is 30.4 Å².